The fourth-order valence-electron chi connectivity index (χ4n) is 3.56. The quantitative estimate of drug-likeness (QED) is 0.863. The molecule has 0 aromatic heterocycles. The maximum absolute atomic E-state index is 12.8. The van der Waals surface area contributed by atoms with Crippen LogP contribution in [0.2, 0.25) is 0 Å². The minimum atomic E-state index is -1.45. The number of carbonyl (C=O) groups excluding carboxylic acids is 1. The van der Waals surface area contributed by atoms with Crippen molar-refractivity contribution in [1.82, 2.24) is 0 Å². The van der Waals surface area contributed by atoms with E-state index in [-0.39, 0.29) is 17.7 Å². The lowest BCUT2D eigenvalue weighted by atomic mass is 9.77. The largest absolute Gasteiger partial charge is 0.374 e. The molecule has 4 nitrogen and oxygen atoms in total. The molecule has 2 heterocycles. The van der Waals surface area contributed by atoms with Gasteiger partial charge in [0.2, 0.25) is 0 Å². The van der Waals surface area contributed by atoms with Gasteiger partial charge in [0, 0.05) is 18.7 Å². The number of fused-ring (bicyclic) bond motifs is 2. The summed E-state index contributed by atoms with van der Waals surface area (Å²) in [4.78, 5) is 19.5. The van der Waals surface area contributed by atoms with Crippen LogP contribution < -0.4 is 4.90 Å². The van der Waals surface area contributed by atoms with Gasteiger partial charge in [-0.1, -0.05) is 42.0 Å². The van der Waals surface area contributed by atoms with Gasteiger partial charge < -0.3 is 10.0 Å². The highest BCUT2D eigenvalue weighted by Gasteiger charge is 2.55. The topological polar surface area (TPSA) is 52.9 Å². The molecule has 1 aliphatic carbocycles. The normalized spacial score (nSPS) is 33.2. The standard InChI is InChI=1S/C18H18N2O2/c1-12-7-8-15-14(11-12)16(21)18(22)9-10-20(17(18)19-15)13-5-3-2-4-6-13/h2-8,11,14-15,22H,9-10H2,1H3/t14-,15-,18+/m0/s1. The maximum Gasteiger partial charge on any atom is 0.182 e. The van der Waals surface area contributed by atoms with Crippen LogP contribution >= 0.6 is 0 Å². The van der Waals surface area contributed by atoms with Crippen LogP contribution in [0.4, 0.5) is 5.69 Å². The molecule has 4 heteroatoms. The van der Waals surface area contributed by atoms with E-state index in [9.17, 15) is 9.90 Å². The summed E-state index contributed by atoms with van der Waals surface area (Å²) in [6.45, 7) is 2.57. The zero-order valence-corrected chi connectivity index (χ0v) is 12.4. The first kappa shape index (κ1) is 13.5. The van der Waals surface area contributed by atoms with E-state index >= 15 is 0 Å². The van der Waals surface area contributed by atoms with Crippen LogP contribution in [0, 0.1) is 5.92 Å². The Kier molecular flexibility index (Phi) is 2.84. The van der Waals surface area contributed by atoms with E-state index in [1.807, 2.05) is 60.4 Å². The Hall–Kier alpha value is -2.20. The van der Waals surface area contributed by atoms with Gasteiger partial charge in [0.15, 0.2) is 11.4 Å². The molecule has 1 saturated heterocycles. The summed E-state index contributed by atoms with van der Waals surface area (Å²) < 4.78 is 0. The summed E-state index contributed by atoms with van der Waals surface area (Å²) in [6, 6.07) is 9.61. The predicted octanol–water partition coefficient (Wildman–Crippen LogP) is 2.11. The van der Waals surface area contributed by atoms with Crippen molar-refractivity contribution in [3.63, 3.8) is 0 Å². The van der Waals surface area contributed by atoms with Gasteiger partial charge in [0.1, 0.15) is 5.84 Å². The Morgan fingerprint density at radius 3 is 2.86 bits per heavy atom. The molecule has 3 atom stereocenters. The SMILES string of the molecule is CC1=C[C@@H]2C(=O)[C@]3(O)CCN(c4ccccc4)C3=N[C@H]2C=C1. The van der Waals surface area contributed by atoms with Crippen LogP contribution in [0.1, 0.15) is 13.3 Å². The first-order valence-electron chi connectivity index (χ1n) is 7.64. The second-order valence-corrected chi connectivity index (χ2v) is 6.20. The molecule has 0 amide bonds. The van der Waals surface area contributed by atoms with E-state index in [2.05, 4.69) is 0 Å². The van der Waals surface area contributed by atoms with Gasteiger partial charge in [-0.2, -0.15) is 0 Å². The highest BCUT2D eigenvalue weighted by atomic mass is 16.3. The zero-order valence-electron chi connectivity index (χ0n) is 12.4. The van der Waals surface area contributed by atoms with Crippen molar-refractivity contribution in [1.29, 1.82) is 0 Å². The molecule has 1 aromatic carbocycles. The molecule has 0 bridgehead atoms. The van der Waals surface area contributed by atoms with Crippen molar-refractivity contribution in [3.8, 4) is 0 Å². The minimum Gasteiger partial charge on any atom is -0.374 e. The van der Waals surface area contributed by atoms with E-state index in [4.69, 9.17) is 4.99 Å². The molecule has 112 valence electrons. The van der Waals surface area contributed by atoms with Crippen molar-refractivity contribution in [2.45, 2.75) is 25.0 Å². The maximum atomic E-state index is 12.8. The Morgan fingerprint density at radius 2 is 2.09 bits per heavy atom. The van der Waals surface area contributed by atoms with Crippen LogP contribution in [0.25, 0.3) is 0 Å². The molecule has 3 aliphatic rings. The number of aliphatic imine (C=N–C) groups is 1. The van der Waals surface area contributed by atoms with E-state index < -0.39 is 5.60 Å². The number of para-hydroxylation sites is 1. The summed E-state index contributed by atoms with van der Waals surface area (Å²) in [5, 5.41) is 11.0. The molecule has 0 radical (unpaired) electrons. The van der Waals surface area contributed by atoms with Crippen LogP contribution in [0.15, 0.2) is 59.1 Å². The number of hydrogen-bond donors (Lipinski definition) is 1. The average Bonchev–Trinajstić information content (AvgIpc) is 2.88. The van der Waals surface area contributed by atoms with Crippen LogP contribution in [0.5, 0.6) is 0 Å². The van der Waals surface area contributed by atoms with Crippen molar-refractivity contribution in [3.05, 3.63) is 54.1 Å². The van der Waals surface area contributed by atoms with Gasteiger partial charge in [-0.3, -0.25) is 9.79 Å². The monoisotopic (exact) mass is 294 g/mol. The van der Waals surface area contributed by atoms with Crippen LogP contribution in [-0.2, 0) is 4.79 Å². The van der Waals surface area contributed by atoms with Crippen molar-refractivity contribution < 1.29 is 9.90 Å². The number of allylic oxidation sites excluding steroid dienone is 2. The number of rotatable bonds is 1. The summed E-state index contributed by atoms with van der Waals surface area (Å²) in [5.74, 6) is 0.0432. The summed E-state index contributed by atoms with van der Waals surface area (Å²) in [6.07, 6.45) is 6.28. The molecule has 1 N–H and O–H groups in total. The van der Waals surface area contributed by atoms with Crippen LogP contribution in [0.3, 0.4) is 0 Å². The van der Waals surface area contributed by atoms with Gasteiger partial charge in [-0.25, -0.2) is 0 Å². The molecular weight excluding hydrogens is 276 g/mol. The van der Waals surface area contributed by atoms with E-state index in [0.29, 0.717) is 18.8 Å². The van der Waals surface area contributed by atoms with Gasteiger partial charge in [-0.15, -0.1) is 0 Å². The lowest BCUT2D eigenvalue weighted by molar-refractivity contribution is -0.134. The Morgan fingerprint density at radius 1 is 1.32 bits per heavy atom. The number of aliphatic hydroxyl groups is 1. The average molecular weight is 294 g/mol. The molecule has 4 rings (SSSR count). The lowest BCUT2D eigenvalue weighted by Crippen LogP contribution is -2.55. The van der Waals surface area contributed by atoms with E-state index in [0.717, 1.165) is 11.3 Å². The third-order valence-corrected chi connectivity index (χ3v) is 4.74. The van der Waals surface area contributed by atoms with Crippen molar-refractivity contribution >= 4 is 17.3 Å². The number of hydrogen-bond acceptors (Lipinski definition) is 4. The fourth-order valence-corrected chi connectivity index (χ4v) is 3.56. The molecule has 0 spiro atoms. The predicted molar refractivity (Wildman–Crippen MR) is 86.0 cm³/mol. The first-order chi connectivity index (χ1) is 10.6. The van der Waals surface area contributed by atoms with E-state index in [1.165, 1.54) is 0 Å². The summed E-state index contributed by atoms with van der Waals surface area (Å²) >= 11 is 0. The number of ketones is 1. The fraction of sp³-hybridized carbons (Fsp3) is 0.333. The minimum absolute atomic E-state index is 0.121. The second kappa shape index (κ2) is 4.65. The third kappa shape index (κ3) is 1.80. The third-order valence-electron chi connectivity index (χ3n) is 4.74. The van der Waals surface area contributed by atoms with Crippen molar-refractivity contribution in [2.24, 2.45) is 10.9 Å². The van der Waals surface area contributed by atoms with Crippen LogP contribution in [-0.4, -0.2) is 34.9 Å². The Bertz CT molecular complexity index is 720. The number of anilines is 1. The lowest BCUT2D eigenvalue weighted by Gasteiger charge is -2.36. The molecule has 1 fully saturated rings. The number of nitrogens with zero attached hydrogens (tertiary/aromatic N) is 2. The van der Waals surface area contributed by atoms with Gasteiger partial charge >= 0.3 is 0 Å². The van der Waals surface area contributed by atoms with Gasteiger partial charge in [-0.05, 0) is 19.1 Å². The van der Waals surface area contributed by atoms with Gasteiger partial charge in [0.05, 0.1) is 12.0 Å². The molecule has 1 aromatic rings. The molecule has 0 unspecified atom stereocenters. The number of carbonyl (C=O) groups is 1. The summed E-state index contributed by atoms with van der Waals surface area (Å²) in [7, 11) is 0. The zero-order chi connectivity index (χ0) is 15.3. The van der Waals surface area contributed by atoms with E-state index in [1.54, 1.807) is 0 Å². The Labute approximate surface area is 129 Å². The second-order valence-electron chi connectivity index (χ2n) is 6.20. The first-order valence-corrected chi connectivity index (χ1v) is 7.64. The highest BCUT2D eigenvalue weighted by molar-refractivity contribution is 6.22. The Balaban J connectivity index is 1.80. The molecular formula is C18H18N2O2. The molecule has 0 saturated carbocycles. The number of benzene rings is 1. The van der Waals surface area contributed by atoms with Gasteiger partial charge in [0.25, 0.3) is 0 Å². The number of amidine groups is 1. The summed E-state index contributed by atoms with van der Waals surface area (Å²) in [5.41, 5.74) is 0.573. The van der Waals surface area contributed by atoms with Crippen molar-refractivity contribution in [2.75, 3.05) is 11.4 Å². The molecule has 22 heavy (non-hydrogen) atoms. The number of Topliss-reactive ketones (excluding diaryl/α,β-unsaturated/α-hetero) is 1. The molecule has 2 aliphatic heterocycles. The highest BCUT2D eigenvalue weighted by Crippen LogP contribution is 2.38. The smallest absolute Gasteiger partial charge is 0.182 e.